The Balaban J connectivity index is 1.33. The first-order valence-corrected chi connectivity index (χ1v) is 17.1. The molecule has 4 unspecified atom stereocenters. The minimum absolute atomic E-state index is 0.0408. The number of methoxy groups -OCH3 is 2. The van der Waals surface area contributed by atoms with Crippen LogP contribution < -0.4 is 0 Å². The molecule has 5 aliphatic carbocycles. The third kappa shape index (κ3) is 4.27. The minimum Gasteiger partial charge on any atom is -0.454 e. The highest BCUT2D eigenvalue weighted by molar-refractivity contribution is 5.94. The second-order valence-corrected chi connectivity index (χ2v) is 15.3. The molecule has 1 aromatic rings. The number of fused-ring (bicyclic) bond motifs is 4. The molecule has 1 aromatic carbocycles. The Morgan fingerprint density at radius 3 is 2.43 bits per heavy atom. The number of likely N-dealkylation sites (tertiary alicyclic amines) is 1. The first-order valence-electron chi connectivity index (χ1n) is 17.1. The number of carbonyl (C=O) groups is 2. The number of likely N-dealkylation sites (N-methyl/N-ethyl adjacent to an activating group) is 1. The zero-order chi connectivity index (χ0) is 31.2. The maximum Gasteiger partial charge on any atom is 0.339 e. The van der Waals surface area contributed by atoms with Crippen molar-refractivity contribution in [2.45, 2.75) is 107 Å². The van der Waals surface area contributed by atoms with Crippen molar-refractivity contribution in [3.8, 4) is 0 Å². The molecule has 0 amide bonds. The van der Waals surface area contributed by atoms with Gasteiger partial charge in [-0.15, -0.1) is 0 Å². The van der Waals surface area contributed by atoms with Gasteiger partial charge in [-0.05, 0) is 93.7 Å². The Hall–Kier alpha value is -1.84. The lowest BCUT2D eigenvalue weighted by Gasteiger charge is -2.58. The van der Waals surface area contributed by atoms with Crippen molar-refractivity contribution >= 4 is 11.8 Å². The number of benzene rings is 1. The van der Waals surface area contributed by atoms with Crippen LogP contribution in [0.15, 0.2) is 24.3 Å². The van der Waals surface area contributed by atoms with Crippen LogP contribution in [0.2, 0.25) is 0 Å². The van der Waals surface area contributed by atoms with E-state index < -0.39 is 22.9 Å². The second-order valence-electron chi connectivity index (χ2n) is 15.3. The van der Waals surface area contributed by atoms with Crippen molar-refractivity contribution in [3.63, 3.8) is 0 Å². The summed E-state index contributed by atoms with van der Waals surface area (Å²) in [6, 6.07) is 7.36. The summed E-state index contributed by atoms with van der Waals surface area (Å²) < 4.78 is 19.2. The van der Waals surface area contributed by atoms with E-state index in [1.165, 1.54) is 0 Å². The number of hydrogen-bond donors (Lipinski definition) is 2. The van der Waals surface area contributed by atoms with Crippen LogP contribution >= 0.6 is 0 Å². The molecule has 1 aliphatic heterocycles. The van der Waals surface area contributed by atoms with Crippen LogP contribution in [0.3, 0.4) is 0 Å². The van der Waals surface area contributed by atoms with Gasteiger partial charge in [0, 0.05) is 51.0 Å². The Morgan fingerprint density at radius 1 is 1.00 bits per heavy atom. The number of nitrogens with zero attached hydrogens (tertiary/aromatic N) is 1. The normalized spacial score (nSPS) is 46.2. The SMILES string of the molecule is CCN1C[C@]2(OC(=O)c3ccccc3CC(=O)C3CC3)CC[C@H](OC)C3C2C[C@@H]([C@@H]1C)[C@@]1(O)CC(C)[C@H]2CC3[C@]1(O)[C@H]2OC. The van der Waals surface area contributed by atoms with Gasteiger partial charge >= 0.3 is 5.97 Å². The monoisotopic (exact) mass is 609 g/mol. The standard InChI is InChI=1S/C36H51NO7/c1-6-37-19-34(44-33(39)24-10-8-7-9-23(24)15-29(38)22-11-12-22)14-13-30(42-4)31-27(34)17-26(21(37)3)35(40)18-20(2)25-16-28(31)36(35,41)32(25)43-5/h7-10,20-22,25-28,30-32,40-41H,6,11-19H2,1-5H3/t20?,21-,25+,26-,27?,28?,30-,31?,32-,34+,35-,36-/m0/s1. The van der Waals surface area contributed by atoms with Crippen LogP contribution in [0, 0.1) is 41.4 Å². The Labute approximate surface area is 261 Å². The summed E-state index contributed by atoms with van der Waals surface area (Å²) >= 11 is 0. The average molecular weight is 610 g/mol. The van der Waals surface area contributed by atoms with Gasteiger partial charge < -0.3 is 24.4 Å². The fourth-order valence-corrected chi connectivity index (χ4v) is 11.3. The lowest BCUT2D eigenvalue weighted by Crippen LogP contribution is -2.72. The molecule has 6 fully saturated rings. The van der Waals surface area contributed by atoms with Crippen LogP contribution in [-0.2, 0) is 25.4 Å². The van der Waals surface area contributed by atoms with E-state index in [9.17, 15) is 19.8 Å². The van der Waals surface area contributed by atoms with Gasteiger partial charge in [-0.2, -0.15) is 0 Å². The van der Waals surface area contributed by atoms with E-state index in [2.05, 4.69) is 25.7 Å². The van der Waals surface area contributed by atoms with Crippen LogP contribution in [-0.4, -0.2) is 89.2 Å². The van der Waals surface area contributed by atoms with Crippen molar-refractivity contribution in [3.05, 3.63) is 35.4 Å². The summed E-state index contributed by atoms with van der Waals surface area (Å²) in [5.74, 6) is -0.399. The molecule has 1 heterocycles. The van der Waals surface area contributed by atoms with Crippen molar-refractivity contribution in [1.82, 2.24) is 4.90 Å². The third-order valence-corrected chi connectivity index (χ3v) is 13.5. The summed E-state index contributed by atoms with van der Waals surface area (Å²) in [6.07, 6.45) is 4.82. The second kappa shape index (κ2) is 10.9. The van der Waals surface area contributed by atoms with Crippen LogP contribution in [0.5, 0.6) is 0 Å². The van der Waals surface area contributed by atoms with Crippen LogP contribution in [0.1, 0.15) is 81.6 Å². The van der Waals surface area contributed by atoms with Crippen molar-refractivity contribution in [1.29, 1.82) is 0 Å². The largest absolute Gasteiger partial charge is 0.454 e. The van der Waals surface area contributed by atoms with E-state index in [0.717, 1.165) is 31.4 Å². The van der Waals surface area contributed by atoms with E-state index in [-0.39, 0.29) is 71.7 Å². The molecule has 1 saturated heterocycles. The smallest absolute Gasteiger partial charge is 0.339 e. The lowest BCUT2D eigenvalue weighted by atomic mass is 9.58. The first-order chi connectivity index (χ1) is 21.0. The van der Waals surface area contributed by atoms with Gasteiger partial charge in [-0.25, -0.2) is 4.79 Å². The maximum absolute atomic E-state index is 14.3. The van der Waals surface area contributed by atoms with E-state index in [1.54, 1.807) is 20.3 Å². The van der Waals surface area contributed by atoms with E-state index in [1.807, 2.05) is 18.2 Å². The van der Waals surface area contributed by atoms with Gasteiger partial charge in [0.2, 0.25) is 0 Å². The van der Waals surface area contributed by atoms with Crippen LogP contribution in [0.4, 0.5) is 0 Å². The van der Waals surface area contributed by atoms with Gasteiger partial charge in [0.15, 0.2) is 0 Å². The van der Waals surface area contributed by atoms with Crippen molar-refractivity contribution in [2.75, 3.05) is 27.3 Å². The number of ether oxygens (including phenoxy) is 3. The van der Waals surface area contributed by atoms with Gasteiger partial charge in [0.25, 0.3) is 0 Å². The van der Waals surface area contributed by atoms with E-state index in [0.29, 0.717) is 37.8 Å². The van der Waals surface area contributed by atoms with E-state index in [4.69, 9.17) is 14.2 Å². The molecule has 5 saturated carbocycles. The average Bonchev–Trinajstić information content (AvgIpc) is 3.84. The quantitative estimate of drug-likeness (QED) is 0.426. The highest BCUT2D eigenvalue weighted by Gasteiger charge is 2.77. The molecular weight excluding hydrogens is 558 g/mol. The highest BCUT2D eigenvalue weighted by atomic mass is 16.6. The molecule has 2 N–H and O–H groups in total. The number of ketones is 1. The molecular formula is C36H51NO7. The molecule has 0 spiro atoms. The first kappa shape index (κ1) is 30.8. The molecule has 0 aromatic heterocycles. The Bertz CT molecular complexity index is 1300. The van der Waals surface area contributed by atoms with Gasteiger partial charge in [-0.1, -0.05) is 32.0 Å². The van der Waals surface area contributed by atoms with Gasteiger partial charge in [0.1, 0.15) is 22.6 Å². The number of hydrogen-bond acceptors (Lipinski definition) is 8. The minimum atomic E-state index is -1.42. The third-order valence-electron chi connectivity index (χ3n) is 13.5. The zero-order valence-corrected chi connectivity index (χ0v) is 27.0. The highest BCUT2D eigenvalue weighted by Crippen LogP contribution is 2.68. The predicted octanol–water partition coefficient (Wildman–Crippen LogP) is 4.04. The molecule has 8 heteroatoms. The number of rotatable bonds is 8. The molecule has 8 nitrogen and oxygen atoms in total. The van der Waals surface area contributed by atoms with Gasteiger partial charge in [-0.3, -0.25) is 9.69 Å². The summed E-state index contributed by atoms with van der Waals surface area (Å²) in [4.78, 5) is 29.5. The fourth-order valence-electron chi connectivity index (χ4n) is 11.3. The molecule has 12 atom stereocenters. The Morgan fingerprint density at radius 2 is 1.75 bits per heavy atom. The maximum atomic E-state index is 14.3. The number of Topliss-reactive ketones (excluding diaryl/α,β-unsaturated/α-hetero) is 1. The molecule has 0 radical (unpaired) electrons. The molecule has 6 aliphatic rings. The summed E-state index contributed by atoms with van der Waals surface area (Å²) in [5, 5.41) is 26.0. The fraction of sp³-hybridized carbons (Fsp3) is 0.778. The lowest BCUT2D eigenvalue weighted by molar-refractivity contribution is -0.275. The zero-order valence-electron chi connectivity index (χ0n) is 27.0. The summed E-state index contributed by atoms with van der Waals surface area (Å²) in [5.41, 5.74) is -2.39. The molecule has 7 rings (SSSR count). The summed E-state index contributed by atoms with van der Waals surface area (Å²) in [6.45, 7) is 7.81. The van der Waals surface area contributed by atoms with Crippen molar-refractivity contribution in [2.24, 2.45) is 41.4 Å². The van der Waals surface area contributed by atoms with Crippen LogP contribution in [0.25, 0.3) is 0 Å². The molecule has 44 heavy (non-hydrogen) atoms. The summed E-state index contributed by atoms with van der Waals surface area (Å²) in [7, 11) is 3.43. The molecule has 4 bridgehead atoms. The molecule has 242 valence electrons. The number of carbonyl (C=O) groups excluding carboxylic acids is 2. The number of aliphatic hydroxyl groups is 2. The topological polar surface area (TPSA) is 106 Å². The van der Waals surface area contributed by atoms with E-state index >= 15 is 0 Å². The predicted molar refractivity (Wildman–Crippen MR) is 164 cm³/mol. The van der Waals surface area contributed by atoms with Crippen molar-refractivity contribution < 1.29 is 34.0 Å². The van der Waals surface area contributed by atoms with Gasteiger partial charge in [0.05, 0.1) is 17.8 Å². The Kier molecular flexibility index (Phi) is 7.61. The number of esters is 1.